The molecule has 23 heavy (non-hydrogen) atoms. The van der Waals surface area contributed by atoms with Crippen LogP contribution in [-0.2, 0) is 25.6 Å². The topological polar surface area (TPSA) is 138 Å². The molecule has 0 amide bonds. The summed E-state index contributed by atoms with van der Waals surface area (Å²) < 4.78 is 18.1. The van der Waals surface area contributed by atoms with Crippen LogP contribution in [0.25, 0.3) is 11.2 Å². The van der Waals surface area contributed by atoms with Gasteiger partial charge in [0, 0.05) is 0 Å². The number of nitrogen functional groups attached to an aromatic ring is 1. The minimum absolute atomic E-state index is 0.0351. The van der Waals surface area contributed by atoms with Crippen LogP contribution in [0.1, 0.15) is 6.23 Å². The first kappa shape index (κ1) is 15.8. The second kappa shape index (κ2) is 5.39. The molecule has 0 radical (unpaired) electrons. The second-order valence-corrected chi connectivity index (χ2v) is 8.57. The smallest absolute Gasteiger partial charge is 0.325 e. The van der Waals surface area contributed by atoms with E-state index in [1.807, 2.05) is 0 Å². The van der Waals surface area contributed by atoms with E-state index in [0.29, 0.717) is 15.9 Å². The lowest BCUT2D eigenvalue weighted by Gasteiger charge is -2.30. The third kappa shape index (κ3) is 2.50. The largest absolute Gasteiger partial charge is 0.386 e. The van der Waals surface area contributed by atoms with Crippen LogP contribution >= 0.6 is 22.6 Å². The first-order valence-electron chi connectivity index (χ1n) is 6.50. The molecule has 4 N–H and O–H groups in total. The zero-order valence-corrected chi connectivity index (χ0v) is 14.6. The number of aliphatic hydroxyl groups excluding tert-OH is 1. The molecule has 13 heteroatoms. The van der Waals surface area contributed by atoms with E-state index in [2.05, 4.69) is 30.9 Å². The molecule has 5 atom stereocenters. The summed E-state index contributed by atoms with van der Waals surface area (Å²) in [5.74, 6) is 0.213. The molecule has 2 saturated heterocycles. The Bertz CT molecular complexity index is 835. The number of imidazole rings is 1. The molecule has 0 bridgehead atoms. The van der Waals surface area contributed by atoms with Gasteiger partial charge < -0.3 is 25.0 Å². The Labute approximate surface area is 143 Å². The summed E-state index contributed by atoms with van der Waals surface area (Å²) >= 11 is 8.13. The van der Waals surface area contributed by atoms with Crippen molar-refractivity contribution in [1.29, 1.82) is 0 Å². The van der Waals surface area contributed by atoms with E-state index in [4.69, 9.17) is 31.3 Å². The monoisotopic (exact) mass is 423 g/mol. The lowest BCUT2D eigenvalue weighted by molar-refractivity contribution is -0.0600. The fourth-order valence-electron chi connectivity index (χ4n) is 2.67. The highest BCUT2D eigenvalue weighted by Gasteiger charge is 2.51. The Morgan fingerprint density at radius 1 is 1.48 bits per heavy atom. The number of anilines is 1. The minimum Gasteiger partial charge on any atom is -0.386 e. The van der Waals surface area contributed by atoms with Gasteiger partial charge in [-0.15, -0.1) is 0 Å². The van der Waals surface area contributed by atoms with E-state index in [9.17, 15) is 10.00 Å². The summed E-state index contributed by atoms with van der Waals surface area (Å²) in [5, 5.41) is 10.6. The van der Waals surface area contributed by atoms with Gasteiger partial charge in [-0.25, -0.2) is 15.0 Å². The molecule has 10 nitrogen and oxygen atoms in total. The number of ether oxygens (including phenoxy) is 1. The molecule has 2 aliphatic rings. The van der Waals surface area contributed by atoms with Crippen molar-refractivity contribution in [2.75, 3.05) is 12.3 Å². The van der Waals surface area contributed by atoms with Crippen LogP contribution in [0.4, 0.5) is 5.82 Å². The fraction of sp³-hybridized carbons (Fsp3) is 0.500. The predicted octanol–water partition coefficient (Wildman–Crippen LogP) is 0.0615. The van der Waals surface area contributed by atoms with Gasteiger partial charge in [0.15, 0.2) is 27.9 Å². The van der Waals surface area contributed by atoms with E-state index >= 15 is 0 Å². The number of rotatable bonds is 1. The Kier molecular flexibility index (Phi) is 3.70. The van der Waals surface area contributed by atoms with Gasteiger partial charge in [-0.1, -0.05) is 0 Å². The third-order valence-electron chi connectivity index (χ3n) is 3.68. The number of nitrogens with zero attached hydrogens (tertiary/aromatic N) is 4. The van der Waals surface area contributed by atoms with Crippen molar-refractivity contribution < 1.29 is 23.8 Å². The standard InChI is InChI=1S/C10H11BrN5O5PS/c11-10-15-4-7(12)13-2-14-8(4)16(10)9-5(17)6-3(20-9)1-19-22(18,23)21-6/h2-3,5-6,9,17H,1H2,(H,18,23)(H2,12,13,14)/t3?,5-,6?,9+,22?/m0/s1. The first-order chi connectivity index (χ1) is 10.9. The lowest BCUT2D eigenvalue weighted by Crippen LogP contribution is -2.39. The van der Waals surface area contributed by atoms with Gasteiger partial charge in [0.25, 0.3) is 0 Å². The number of hydrogen-bond donors (Lipinski definition) is 3. The highest BCUT2D eigenvalue weighted by molar-refractivity contribution is 9.10. The van der Waals surface area contributed by atoms with Gasteiger partial charge in [0.2, 0.25) is 0 Å². The van der Waals surface area contributed by atoms with E-state index in [1.54, 1.807) is 4.57 Å². The van der Waals surface area contributed by atoms with Crippen molar-refractivity contribution in [2.24, 2.45) is 0 Å². The molecule has 0 spiro atoms. The minimum atomic E-state index is -3.35. The molecule has 2 aliphatic heterocycles. The van der Waals surface area contributed by atoms with Crippen LogP contribution in [0.15, 0.2) is 11.1 Å². The number of halogens is 1. The van der Waals surface area contributed by atoms with Crippen LogP contribution in [0.2, 0.25) is 0 Å². The SMILES string of the molecule is Nc1ncnc2c1nc(Br)n2[C@@H]1OC2COP(O)(=S)OC2[C@@H]1O. The summed E-state index contributed by atoms with van der Waals surface area (Å²) in [6.45, 7) is -3.32. The molecular formula is C10H11BrN5O5PS. The van der Waals surface area contributed by atoms with Gasteiger partial charge in [0.05, 0.1) is 6.61 Å². The lowest BCUT2D eigenvalue weighted by atomic mass is 10.1. The van der Waals surface area contributed by atoms with E-state index in [0.717, 1.165) is 0 Å². The molecular weight excluding hydrogens is 413 g/mol. The summed E-state index contributed by atoms with van der Waals surface area (Å²) in [6.07, 6.45) is -2.02. The van der Waals surface area contributed by atoms with Crippen LogP contribution in [-0.4, -0.2) is 54.4 Å². The molecule has 0 aliphatic carbocycles. The van der Waals surface area contributed by atoms with Crippen molar-refractivity contribution in [3.05, 3.63) is 11.1 Å². The summed E-state index contributed by atoms with van der Waals surface area (Å²) in [7, 11) is 0. The number of aliphatic hydroxyl groups is 1. The van der Waals surface area contributed by atoms with Crippen molar-refractivity contribution in [3.63, 3.8) is 0 Å². The molecule has 2 aromatic rings. The summed E-state index contributed by atoms with van der Waals surface area (Å²) in [4.78, 5) is 22.0. The maximum atomic E-state index is 10.6. The fourth-order valence-corrected chi connectivity index (χ4v) is 4.67. The Hall–Kier alpha value is -0.720. The third-order valence-corrected chi connectivity index (χ3v) is 5.80. The summed E-state index contributed by atoms with van der Waals surface area (Å²) in [5.41, 5.74) is 6.57. The highest BCUT2D eigenvalue weighted by Crippen LogP contribution is 2.53. The number of aromatic nitrogens is 4. The molecule has 2 fully saturated rings. The average Bonchev–Trinajstić information content (AvgIpc) is 2.97. The quantitative estimate of drug-likeness (QED) is 0.426. The molecule has 2 aromatic heterocycles. The van der Waals surface area contributed by atoms with Crippen LogP contribution < -0.4 is 5.73 Å². The highest BCUT2D eigenvalue weighted by atomic mass is 79.9. The van der Waals surface area contributed by atoms with Gasteiger partial charge in [-0.2, -0.15) is 0 Å². The van der Waals surface area contributed by atoms with Gasteiger partial charge in [-0.3, -0.25) is 9.09 Å². The van der Waals surface area contributed by atoms with Gasteiger partial charge >= 0.3 is 6.72 Å². The molecule has 124 valence electrons. The van der Waals surface area contributed by atoms with E-state index < -0.39 is 31.3 Å². The number of hydrogen-bond acceptors (Lipinski definition) is 9. The Morgan fingerprint density at radius 2 is 2.26 bits per heavy atom. The number of fused-ring (bicyclic) bond motifs is 2. The Morgan fingerprint density at radius 3 is 3.04 bits per heavy atom. The normalized spacial score (nSPS) is 37.2. The molecule has 0 saturated carbocycles. The number of nitrogens with two attached hydrogens (primary N) is 1. The summed E-state index contributed by atoms with van der Waals surface area (Å²) in [6, 6.07) is 0. The second-order valence-electron chi connectivity index (χ2n) is 5.07. The molecule has 0 aromatic carbocycles. The van der Waals surface area contributed by atoms with E-state index in [-0.39, 0.29) is 12.4 Å². The Balaban J connectivity index is 1.76. The average molecular weight is 424 g/mol. The zero-order chi connectivity index (χ0) is 16.4. The van der Waals surface area contributed by atoms with E-state index in [1.165, 1.54) is 6.33 Å². The molecule has 3 unspecified atom stereocenters. The molecule has 4 heterocycles. The molecule has 4 rings (SSSR count). The first-order valence-corrected chi connectivity index (χ1v) is 9.89. The maximum Gasteiger partial charge on any atom is 0.325 e. The zero-order valence-electron chi connectivity index (χ0n) is 11.3. The van der Waals surface area contributed by atoms with Gasteiger partial charge in [0.1, 0.15) is 24.6 Å². The van der Waals surface area contributed by atoms with Crippen molar-refractivity contribution >= 4 is 51.4 Å². The van der Waals surface area contributed by atoms with Crippen molar-refractivity contribution in [1.82, 2.24) is 19.5 Å². The predicted molar refractivity (Wildman–Crippen MR) is 84.7 cm³/mol. The van der Waals surface area contributed by atoms with Crippen LogP contribution in [0, 0.1) is 0 Å². The van der Waals surface area contributed by atoms with Crippen LogP contribution in [0.5, 0.6) is 0 Å². The van der Waals surface area contributed by atoms with Crippen molar-refractivity contribution in [2.45, 2.75) is 24.5 Å². The van der Waals surface area contributed by atoms with Gasteiger partial charge in [-0.05, 0) is 27.7 Å². The maximum absolute atomic E-state index is 10.6. The van der Waals surface area contributed by atoms with Crippen molar-refractivity contribution in [3.8, 4) is 0 Å². The van der Waals surface area contributed by atoms with Crippen LogP contribution in [0.3, 0.4) is 0 Å².